The molecule has 0 aliphatic carbocycles. The summed E-state index contributed by atoms with van der Waals surface area (Å²) in [4.78, 5) is 25.4. The average molecular weight is 381 g/mol. The van der Waals surface area contributed by atoms with Crippen LogP contribution < -0.4 is 10.4 Å². The standard InChI is InChI=1S/C17H15BrClNO2/c1-9(20-16(21)10(2)11(3)17(20)22)8-15(19)13-6-5-7-14(18)12(13)4/h5-8H,4H2,1-3H3/b9-8+,15-13+. The molecule has 1 aromatic carbocycles. The molecule has 1 aliphatic heterocycles. The number of halogens is 2. The van der Waals surface area contributed by atoms with Crippen molar-refractivity contribution >= 4 is 51.0 Å². The fourth-order valence-electron chi connectivity index (χ4n) is 2.18. The first kappa shape index (κ1) is 16.7. The van der Waals surface area contributed by atoms with Crippen LogP contribution in [0.5, 0.6) is 0 Å². The largest absolute Gasteiger partial charge is 0.269 e. The van der Waals surface area contributed by atoms with Gasteiger partial charge in [0.05, 0.1) is 5.03 Å². The van der Waals surface area contributed by atoms with Gasteiger partial charge in [0.15, 0.2) is 0 Å². The molecule has 0 fully saturated rings. The smallest absolute Gasteiger partial charge is 0.261 e. The fraction of sp³-hybridized carbons (Fsp3) is 0.176. The molecule has 0 spiro atoms. The van der Waals surface area contributed by atoms with E-state index in [0.29, 0.717) is 21.9 Å². The van der Waals surface area contributed by atoms with Crippen LogP contribution in [0.2, 0.25) is 0 Å². The minimum atomic E-state index is -0.301. The van der Waals surface area contributed by atoms with Crippen LogP contribution in [0.3, 0.4) is 0 Å². The zero-order valence-electron chi connectivity index (χ0n) is 12.5. The van der Waals surface area contributed by atoms with Crippen molar-refractivity contribution in [1.29, 1.82) is 0 Å². The quantitative estimate of drug-likeness (QED) is 0.740. The van der Waals surface area contributed by atoms with Gasteiger partial charge < -0.3 is 0 Å². The van der Waals surface area contributed by atoms with Gasteiger partial charge in [-0.05, 0) is 38.1 Å². The van der Waals surface area contributed by atoms with Crippen LogP contribution in [0, 0.1) is 0 Å². The Morgan fingerprint density at radius 3 is 2.32 bits per heavy atom. The highest BCUT2D eigenvalue weighted by molar-refractivity contribution is 9.10. The van der Waals surface area contributed by atoms with Crippen LogP contribution in [-0.4, -0.2) is 16.7 Å². The van der Waals surface area contributed by atoms with E-state index in [1.54, 1.807) is 26.8 Å². The van der Waals surface area contributed by atoms with Gasteiger partial charge in [-0.2, -0.15) is 0 Å². The van der Waals surface area contributed by atoms with E-state index in [0.717, 1.165) is 19.8 Å². The summed E-state index contributed by atoms with van der Waals surface area (Å²) in [6.07, 6.45) is 1.61. The molecule has 2 rings (SSSR count). The Morgan fingerprint density at radius 2 is 1.77 bits per heavy atom. The maximum Gasteiger partial charge on any atom is 0.261 e. The summed E-state index contributed by atoms with van der Waals surface area (Å²) >= 11 is 9.74. The van der Waals surface area contributed by atoms with E-state index in [9.17, 15) is 9.59 Å². The van der Waals surface area contributed by atoms with E-state index < -0.39 is 0 Å². The summed E-state index contributed by atoms with van der Waals surface area (Å²) in [5.74, 6) is -0.602. The number of amides is 2. The zero-order chi connectivity index (χ0) is 16.6. The molecule has 114 valence electrons. The number of imide groups is 1. The molecule has 0 aromatic heterocycles. The highest BCUT2D eigenvalue weighted by Gasteiger charge is 2.34. The van der Waals surface area contributed by atoms with Gasteiger partial charge >= 0.3 is 0 Å². The Kier molecular flexibility index (Phi) is 4.73. The first-order valence-corrected chi connectivity index (χ1v) is 7.80. The van der Waals surface area contributed by atoms with Crippen molar-refractivity contribution in [3.05, 3.63) is 56.0 Å². The van der Waals surface area contributed by atoms with Crippen molar-refractivity contribution in [3.8, 4) is 0 Å². The summed E-state index contributed by atoms with van der Waals surface area (Å²) in [6, 6.07) is 5.56. The Bertz CT molecular complexity index is 828. The maximum atomic E-state index is 12.1. The van der Waals surface area contributed by atoms with Crippen LogP contribution in [0.15, 0.2) is 45.6 Å². The number of nitrogens with zero attached hydrogens (tertiary/aromatic N) is 1. The lowest BCUT2D eigenvalue weighted by Gasteiger charge is -2.15. The fourth-order valence-corrected chi connectivity index (χ4v) is 2.88. The number of carbonyl (C=O) groups excluding carboxylic acids is 2. The predicted molar refractivity (Wildman–Crippen MR) is 92.2 cm³/mol. The van der Waals surface area contributed by atoms with Gasteiger partial charge in [-0.15, -0.1) is 0 Å². The molecule has 1 heterocycles. The van der Waals surface area contributed by atoms with Gasteiger partial charge in [0, 0.05) is 26.5 Å². The molecule has 0 unspecified atom stereocenters. The van der Waals surface area contributed by atoms with Gasteiger partial charge in [0.25, 0.3) is 11.8 Å². The second kappa shape index (κ2) is 6.23. The number of hydrogen-bond acceptors (Lipinski definition) is 2. The summed E-state index contributed by atoms with van der Waals surface area (Å²) in [5.41, 5.74) is 1.42. The monoisotopic (exact) mass is 379 g/mol. The summed E-state index contributed by atoms with van der Waals surface area (Å²) in [7, 11) is 0. The lowest BCUT2D eigenvalue weighted by Crippen LogP contribution is -2.30. The van der Waals surface area contributed by atoms with Crippen molar-refractivity contribution in [2.75, 3.05) is 0 Å². The van der Waals surface area contributed by atoms with Crippen LogP contribution in [0.1, 0.15) is 20.8 Å². The Hall–Kier alpha value is -1.65. The molecular weight excluding hydrogens is 366 g/mol. The number of carbonyl (C=O) groups is 2. The van der Waals surface area contributed by atoms with Crippen LogP contribution in [0.25, 0.3) is 11.6 Å². The third-order valence-electron chi connectivity index (χ3n) is 3.67. The van der Waals surface area contributed by atoms with E-state index in [2.05, 4.69) is 22.5 Å². The Balaban J connectivity index is 2.51. The minimum Gasteiger partial charge on any atom is -0.269 e. The van der Waals surface area contributed by atoms with E-state index in [1.165, 1.54) is 0 Å². The highest BCUT2D eigenvalue weighted by atomic mass is 79.9. The molecule has 0 radical (unpaired) electrons. The van der Waals surface area contributed by atoms with E-state index in [1.807, 2.05) is 18.2 Å². The van der Waals surface area contributed by atoms with Crippen molar-refractivity contribution in [3.63, 3.8) is 0 Å². The van der Waals surface area contributed by atoms with Gasteiger partial charge in [-0.25, -0.2) is 4.90 Å². The second-order valence-corrected chi connectivity index (χ2v) is 6.36. The first-order valence-electron chi connectivity index (χ1n) is 6.63. The number of rotatable bonds is 2. The normalized spacial score (nSPS) is 17.5. The summed E-state index contributed by atoms with van der Waals surface area (Å²) in [6.45, 7) is 8.95. The maximum absolute atomic E-state index is 12.1. The molecule has 1 aliphatic rings. The SMILES string of the molecule is C=c1c(Br)ccc/c1=C(Cl)/C=C(\C)N1C(=O)C(C)=C(C)C1=O. The molecular formula is C17H15BrClNO2. The van der Waals surface area contributed by atoms with Crippen LogP contribution >= 0.6 is 27.5 Å². The third kappa shape index (κ3) is 2.81. The molecule has 0 saturated heterocycles. The van der Waals surface area contributed by atoms with Gasteiger partial charge in [0.2, 0.25) is 0 Å². The number of hydrogen-bond donors (Lipinski definition) is 0. The molecule has 2 amide bonds. The molecule has 0 bridgehead atoms. The molecule has 0 N–H and O–H groups in total. The van der Waals surface area contributed by atoms with Crippen LogP contribution in [0.4, 0.5) is 0 Å². The van der Waals surface area contributed by atoms with Crippen molar-refractivity contribution < 1.29 is 9.59 Å². The summed E-state index contributed by atoms with van der Waals surface area (Å²) < 4.78 is 0.843. The van der Waals surface area contributed by atoms with Gasteiger partial charge in [0.1, 0.15) is 0 Å². The predicted octanol–water partition coefficient (Wildman–Crippen LogP) is 2.82. The molecule has 5 heteroatoms. The molecule has 3 nitrogen and oxygen atoms in total. The Morgan fingerprint density at radius 1 is 1.23 bits per heavy atom. The molecule has 0 atom stereocenters. The average Bonchev–Trinajstić information content (AvgIpc) is 2.65. The van der Waals surface area contributed by atoms with Gasteiger partial charge in [-0.3, -0.25) is 9.59 Å². The third-order valence-corrected chi connectivity index (χ3v) is 4.73. The molecule has 22 heavy (non-hydrogen) atoms. The lowest BCUT2D eigenvalue weighted by atomic mass is 10.2. The molecule has 0 saturated carbocycles. The topological polar surface area (TPSA) is 37.4 Å². The lowest BCUT2D eigenvalue weighted by molar-refractivity contribution is -0.135. The summed E-state index contributed by atoms with van der Waals surface area (Å²) in [5, 5.41) is 1.92. The van der Waals surface area contributed by atoms with E-state index >= 15 is 0 Å². The van der Waals surface area contributed by atoms with Crippen molar-refractivity contribution in [2.45, 2.75) is 20.8 Å². The van der Waals surface area contributed by atoms with E-state index in [-0.39, 0.29) is 11.8 Å². The van der Waals surface area contributed by atoms with Gasteiger partial charge in [-0.1, -0.05) is 46.2 Å². The van der Waals surface area contributed by atoms with Crippen molar-refractivity contribution in [1.82, 2.24) is 4.90 Å². The zero-order valence-corrected chi connectivity index (χ0v) is 14.9. The highest BCUT2D eigenvalue weighted by Crippen LogP contribution is 2.24. The first-order chi connectivity index (χ1) is 10.3. The van der Waals surface area contributed by atoms with E-state index in [4.69, 9.17) is 11.6 Å². The Labute approximate surface area is 142 Å². The minimum absolute atomic E-state index is 0.301. The number of benzene rings is 1. The van der Waals surface area contributed by atoms with Crippen LogP contribution in [-0.2, 0) is 9.59 Å². The second-order valence-electron chi connectivity index (χ2n) is 5.10. The molecule has 1 aromatic rings. The number of allylic oxidation sites excluding steroid dienone is 2. The van der Waals surface area contributed by atoms with Crippen molar-refractivity contribution in [2.24, 2.45) is 0 Å².